The number of hydrogen-bond donors (Lipinski definition) is 2. The highest BCUT2D eigenvalue weighted by Gasteiger charge is 2.31. The summed E-state index contributed by atoms with van der Waals surface area (Å²) in [4.78, 5) is 24.9. The average Bonchev–Trinajstić information content (AvgIpc) is 3.11. The van der Waals surface area contributed by atoms with Gasteiger partial charge in [-0.1, -0.05) is 0 Å². The molecule has 2 N–H and O–H groups in total. The summed E-state index contributed by atoms with van der Waals surface area (Å²) in [5, 5.41) is 4.84. The van der Waals surface area contributed by atoms with Crippen molar-refractivity contribution in [3.8, 4) is 0 Å². The number of hydrogen-bond acceptors (Lipinski definition) is 4. The normalized spacial score (nSPS) is 16.4. The van der Waals surface area contributed by atoms with Gasteiger partial charge in [0, 0.05) is 19.7 Å². The van der Waals surface area contributed by atoms with Crippen molar-refractivity contribution in [1.82, 2.24) is 15.5 Å². The Hall–Kier alpha value is -1.14. The smallest absolute Gasteiger partial charge is 0.321 e. The van der Waals surface area contributed by atoms with Gasteiger partial charge in [0.25, 0.3) is 0 Å². The quantitative estimate of drug-likeness (QED) is 0.639. The summed E-state index contributed by atoms with van der Waals surface area (Å²) < 4.78 is 4.79. The molecule has 0 radical (unpaired) electrons. The zero-order valence-electron chi connectivity index (χ0n) is 11.4. The van der Waals surface area contributed by atoms with Crippen molar-refractivity contribution in [2.75, 3.05) is 33.9 Å². The molecule has 6 heteroatoms. The molecule has 1 aliphatic rings. The summed E-state index contributed by atoms with van der Waals surface area (Å²) in [5.74, 6) is 0.429. The molecule has 0 heterocycles. The maximum atomic E-state index is 11.6. The highest BCUT2D eigenvalue weighted by atomic mass is 16.5. The minimum atomic E-state index is -0.468. The molecule has 1 atom stereocenters. The van der Waals surface area contributed by atoms with Crippen LogP contribution in [0.25, 0.3) is 0 Å². The predicted molar refractivity (Wildman–Crippen MR) is 68.2 cm³/mol. The van der Waals surface area contributed by atoms with E-state index in [2.05, 4.69) is 17.6 Å². The van der Waals surface area contributed by atoms with Crippen LogP contribution in [0, 0.1) is 5.92 Å². The van der Waals surface area contributed by atoms with Crippen molar-refractivity contribution in [3.63, 3.8) is 0 Å². The van der Waals surface area contributed by atoms with Crippen molar-refractivity contribution in [2.24, 2.45) is 5.92 Å². The minimum Gasteiger partial charge on any atom is -0.383 e. The molecule has 0 aromatic rings. The molecule has 0 aliphatic heterocycles. The summed E-state index contributed by atoms with van der Waals surface area (Å²) in [6, 6.07) is -0.0724. The molecule has 0 saturated heterocycles. The van der Waals surface area contributed by atoms with Gasteiger partial charge in [-0.15, -0.1) is 0 Å². The Morgan fingerprint density at radius 3 is 2.67 bits per heavy atom. The third-order valence-electron chi connectivity index (χ3n) is 3.24. The molecule has 1 rings (SSSR count). The lowest BCUT2D eigenvalue weighted by Crippen LogP contribution is -2.46. The number of nitrogens with zero attached hydrogens (tertiary/aromatic N) is 1. The molecule has 1 fully saturated rings. The molecule has 3 amide bonds. The molecule has 1 aliphatic carbocycles. The summed E-state index contributed by atoms with van der Waals surface area (Å²) >= 11 is 0. The fourth-order valence-corrected chi connectivity index (χ4v) is 1.79. The van der Waals surface area contributed by atoms with E-state index in [1.807, 2.05) is 11.9 Å². The second-order valence-corrected chi connectivity index (χ2v) is 4.79. The zero-order valence-corrected chi connectivity index (χ0v) is 11.4. The lowest BCUT2D eigenvalue weighted by molar-refractivity contribution is -0.121. The SMILES string of the molecule is COCCNC(=O)NC(=O)CN(C)C(C)C1CC1. The molecular weight excluding hydrogens is 234 g/mol. The molecule has 0 spiro atoms. The van der Waals surface area contributed by atoms with Crippen molar-refractivity contribution >= 4 is 11.9 Å². The second-order valence-electron chi connectivity index (χ2n) is 4.79. The van der Waals surface area contributed by atoms with Crippen molar-refractivity contribution in [2.45, 2.75) is 25.8 Å². The second kappa shape index (κ2) is 7.33. The fourth-order valence-electron chi connectivity index (χ4n) is 1.79. The Labute approximate surface area is 108 Å². The first kappa shape index (κ1) is 14.9. The maximum absolute atomic E-state index is 11.6. The monoisotopic (exact) mass is 257 g/mol. The number of nitrogens with one attached hydrogen (secondary N) is 2. The molecule has 18 heavy (non-hydrogen) atoms. The Morgan fingerprint density at radius 1 is 1.44 bits per heavy atom. The van der Waals surface area contributed by atoms with Gasteiger partial charge < -0.3 is 10.1 Å². The van der Waals surface area contributed by atoms with Gasteiger partial charge in [0.1, 0.15) is 0 Å². The van der Waals surface area contributed by atoms with Crippen LogP contribution in [0.1, 0.15) is 19.8 Å². The summed E-state index contributed by atoms with van der Waals surface area (Å²) in [6.07, 6.45) is 2.48. The van der Waals surface area contributed by atoms with Crippen LogP contribution in [0.3, 0.4) is 0 Å². The average molecular weight is 257 g/mol. The molecule has 6 nitrogen and oxygen atoms in total. The van der Waals surface area contributed by atoms with Gasteiger partial charge in [0.15, 0.2) is 0 Å². The number of imide groups is 1. The van der Waals surface area contributed by atoms with E-state index in [0.29, 0.717) is 25.1 Å². The molecule has 0 bridgehead atoms. The van der Waals surface area contributed by atoms with E-state index in [-0.39, 0.29) is 12.5 Å². The molecular formula is C12H23N3O3. The van der Waals surface area contributed by atoms with Gasteiger partial charge in [-0.2, -0.15) is 0 Å². The Bertz CT molecular complexity index is 292. The molecule has 1 saturated carbocycles. The van der Waals surface area contributed by atoms with E-state index in [0.717, 1.165) is 0 Å². The third kappa shape index (κ3) is 5.46. The van der Waals surface area contributed by atoms with Gasteiger partial charge in [0.05, 0.1) is 13.2 Å². The lowest BCUT2D eigenvalue weighted by atomic mass is 10.2. The van der Waals surface area contributed by atoms with E-state index >= 15 is 0 Å². The molecule has 104 valence electrons. The topological polar surface area (TPSA) is 70.7 Å². The van der Waals surface area contributed by atoms with Gasteiger partial charge in [-0.05, 0) is 32.7 Å². The molecule has 0 aromatic carbocycles. The summed E-state index contributed by atoms with van der Waals surface area (Å²) in [7, 11) is 3.46. The van der Waals surface area contributed by atoms with E-state index in [9.17, 15) is 9.59 Å². The predicted octanol–water partition coefficient (Wildman–Crippen LogP) is 0.189. The van der Waals surface area contributed by atoms with Gasteiger partial charge >= 0.3 is 6.03 Å². The molecule has 0 aromatic heterocycles. The van der Waals surface area contributed by atoms with Crippen LogP contribution in [0.15, 0.2) is 0 Å². The largest absolute Gasteiger partial charge is 0.383 e. The van der Waals surface area contributed by atoms with Crippen LogP contribution >= 0.6 is 0 Å². The van der Waals surface area contributed by atoms with E-state index < -0.39 is 6.03 Å². The number of amides is 3. The van der Waals surface area contributed by atoms with Crippen LogP contribution in [0.4, 0.5) is 4.79 Å². The first-order chi connectivity index (χ1) is 8.54. The summed E-state index contributed by atoms with van der Waals surface area (Å²) in [6.45, 7) is 3.18. The number of ether oxygens (including phenoxy) is 1. The van der Waals surface area contributed by atoms with Gasteiger partial charge in [0.2, 0.25) is 5.91 Å². The number of rotatable bonds is 7. The van der Waals surface area contributed by atoms with Crippen LogP contribution < -0.4 is 10.6 Å². The van der Waals surface area contributed by atoms with Gasteiger partial charge in [-0.3, -0.25) is 15.0 Å². The fraction of sp³-hybridized carbons (Fsp3) is 0.833. The number of urea groups is 1. The van der Waals surface area contributed by atoms with E-state index in [4.69, 9.17) is 4.74 Å². The van der Waals surface area contributed by atoms with E-state index in [1.54, 1.807) is 7.11 Å². The summed E-state index contributed by atoms with van der Waals surface area (Å²) in [5.41, 5.74) is 0. The Kier molecular flexibility index (Phi) is 6.07. The van der Waals surface area contributed by atoms with Crippen molar-refractivity contribution in [1.29, 1.82) is 0 Å². The van der Waals surface area contributed by atoms with E-state index in [1.165, 1.54) is 12.8 Å². The standard InChI is InChI=1S/C12H23N3O3/c1-9(10-4-5-10)15(2)8-11(16)14-12(17)13-6-7-18-3/h9-10H,4-8H2,1-3H3,(H2,13,14,16,17). The maximum Gasteiger partial charge on any atom is 0.321 e. The lowest BCUT2D eigenvalue weighted by Gasteiger charge is -2.23. The Morgan fingerprint density at radius 2 is 2.11 bits per heavy atom. The number of carbonyl (C=O) groups is 2. The van der Waals surface area contributed by atoms with Crippen LogP contribution in [-0.2, 0) is 9.53 Å². The highest BCUT2D eigenvalue weighted by molar-refractivity contribution is 5.95. The minimum absolute atomic E-state index is 0.245. The number of methoxy groups -OCH3 is 1. The Balaban J connectivity index is 2.17. The van der Waals surface area contributed by atoms with Crippen molar-refractivity contribution in [3.05, 3.63) is 0 Å². The zero-order chi connectivity index (χ0) is 13.5. The van der Waals surface area contributed by atoms with Crippen LogP contribution in [0.5, 0.6) is 0 Å². The first-order valence-electron chi connectivity index (χ1n) is 6.31. The number of likely N-dealkylation sites (N-methyl/N-ethyl adjacent to an activating group) is 1. The van der Waals surface area contributed by atoms with Gasteiger partial charge in [-0.25, -0.2) is 4.79 Å². The van der Waals surface area contributed by atoms with Crippen LogP contribution in [0.2, 0.25) is 0 Å². The number of carbonyl (C=O) groups excluding carboxylic acids is 2. The molecule has 1 unspecified atom stereocenters. The highest BCUT2D eigenvalue weighted by Crippen LogP contribution is 2.34. The third-order valence-corrected chi connectivity index (χ3v) is 3.24. The van der Waals surface area contributed by atoms with Crippen molar-refractivity contribution < 1.29 is 14.3 Å². The first-order valence-corrected chi connectivity index (χ1v) is 6.31. The van der Waals surface area contributed by atoms with Crippen LogP contribution in [-0.4, -0.2) is 56.7 Å².